The summed E-state index contributed by atoms with van der Waals surface area (Å²) in [5, 5.41) is 12.3. The highest BCUT2D eigenvalue weighted by molar-refractivity contribution is 4.76. The van der Waals surface area contributed by atoms with Gasteiger partial charge >= 0.3 is 0 Å². The van der Waals surface area contributed by atoms with Crippen LogP contribution in [0.5, 0.6) is 0 Å². The molecule has 0 amide bonds. The summed E-state index contributed by atoms with van der Waals surface area (Å²) in [5.41, 5.74) is 0. The summed E-state index contributed by atoms with van der Waals surface area (Å²) in [6, 6.07) is 0.872. The Hall–Kier alpha value is -0.160. The van der Waals surface area contributed by atoms with E-state index in [0.717, 1.165) is 19.5 Å². The highest BCUT2D eigenvalue weighted by Crippen LogP contribution is 2.09. The van der Waals surface area contributed by atoms with Gasteiger partial charge in [0.05, 0.1) is 6.61 Å². The summed E-state index contributed by atoms with van der Waals surface area (Å²) < 4.78 is 0. The number of likely N-dealkylation sites (N-methyl/N-ethyl adjacent to an activating group) is 2. The first-order chi connectivity index (χ1) is 7.67. The van der Waals surface area contributed by atoms with Gasteiger partial charge in [0.25, 0.3) is 0 Å². The average Bonchev–Trinajstić information content (AvgIpc) is 2.42. The molecule has 1 rings (SSSR count). The highest BCUT2D eigenvalue weighted by Gasteiger charge is 2.19. The van der Waals surface area contributed by atoms with Crippen LogP contribution < -0.4 is 5.32 Å². The molecule has 16 heavy (non-hydrogen) atoms. The minimum Gasteiger partial charge on any atom is -0.395 e. The van der Waals surface area contributed by atoms with Gasteiger partial charge in [-0.15, -0.1) is 0 Å². The Balaban J connectivity index is 2.34. The molecule has 0 aromatic rings. The van der Waals surface area contributed by atoms with E-state index in [4.69, 9.17) is 5.11 Å². The Morgan fingerprint density at radius 2 is 2.19 bits per heavy atom. The topological polar surface area (TPSA) is 38.7 Å². The van der Waals surface area contributed by atoms with Crippen molar-refractivity contribution in [1.29, 1.82) is 0 Å². The third-order valence-corrected chi connectivity index (χ3v) is 3.58. The molecule has 2 unspecified atom stereocenters. The number of rotatable bonds is 5. The lowest BCUT2D eigenvalue weighted by molar-refractivity contribution is 0.176. The van der Waals surface area contributed by atoms with E-state index in [2.05, 4.69) is 29.1 Å². The maximum atomic E-state index is 9.13. The Morgan fingerprint density at radius 1 is 1.44 bits per heavy atom. The Bertz CT molecular complexity index is 185. The van der Waals surface area contributed by atoms with Crippen LogP contribution in [0.15, 0.2) is 0 Å². The van der Waals surface area contributed by atoms with Crippen LogP contribution in [0.4, 0.5) is 0 Å². The zero-order valence-corrected chi connectivity index (χ0v) is 10.9. The second-order valence-electron chi connectivity index (χ2n) is 4.96. The van der Waals surface area contributed by atoms with Crippen molar-refractivity contribution in [2.45, 2.75) is 31.8 Å². The minimum atomic E-state index is 0.235. The molecule has 1 saturated heterocycles. The SMILES string of the molecule is CNC(CO)CCN1CCCN(C)CC1C. The molecular weight excluding hydrogens is 202 g/mol. The first-order valence-corrected chi connectivity index (χ1v) is 6.38. The molecule has 2 atom stereocenters. The summed E-state index contributed by atoms with van der Waals surface area (Å²) in [6.07, 6.45) is 2.28. The minimum absolute atomic E-state index is 0.235. The van der Waals surface area contributed by atoms with E-state index in [9.17, 15) is 0 Å². The van der Waals surface area contributed by atoms with Crippen LogP contribution in [-0.4, -0.2) is 73.9 Å². The second-order valence-corrected chi connectivity index (χ2v) is 4.96. The summed E-state index contributed by atoms with van der Waals surface area (Å²) in [7, 11) is 4.12. The third-order valence-electron chi connectivity index (χ3n) is 3.58. The summed E-state index contributed by atoms with van der Waals surface area (Å²) >= 11 is 0. The first kappa shape index (κ1) is 13.9. The van der Waals surface area contributed by atoms with Crippen molar-refractivity contribution in [3.05, 3.63) is 0 Å². The molecule has 0 aromatic heterocycles. The zero-order chi connectivity index (χ0) is 12.0. The van der Waals surface area contributed by atoms with E-state index >= 15 is 0 Å². The van der Waals surface area contributed by atoms with Crippen molar-refractivity contribution in [2.75, 3.05) is 46.9 Å². The van der Waals surface area contributed by atoms with Crippen molar-refractivity contribution in [3.8, 4) is 0 Å². The van der Waals surface area contributed by atoms with Gasteiger partial charge in [-0.1, -0.05) is 0 Å². The smallest absolute Gasteiger partial charge is 0.0585 e. The lowest BCUT2D eigenvalue weighted by atomic mass is 10.2. The maximum absolute atomic E-state index is 9.13. The molecule has 0 aliphatic carbocycles. The van der Waals surface area contributed by atoms with Crippen molar-refractivity contribution in [3.63, 3.8) is 0 Å². The van der Waals surface area contributed by atoms with Crippen molar-refractivity contribution >= 4 is 0 Å². The fourth-order valence-corrected chi connectivity index (χ4v) is 2.40. The lowest BCUT2D eigenvalue weighted by Crippen LogP contribution is -2.41. The molecule has 2 N–H and O–H groups in total. The number of hydrogen-bond acceptors (Lipinski definition) is 4. The van der Waals surface area contributed by atoms with Crippen LogP contribution >= 0.6 is 0 Å². The Labute approximate surface area is 99.6 Å². The standard InChI is InChI=1S/C12H27N3O/c1-11-9-14(3)6-4-7-15(11)8-5-12(10-16)13-2/h11-13,16H,4-10H2,1-3H3. The van der Waals surface area contributed by atoms with Gasteiger partial charge in [0, 0.05) is 25.2 Å². The molecule has 4 heteroatoms. The molecule has 0 spiro atoms. The highest BCUT2D eigenvalue weighted by atomic mass is 16.3. The number of nitrogens with one attached hydrogen (secondary N) is 1. The zero-order valence-electron chi connectivity index (χ0n) is 10.9. The van der Waals surface area contributed by atoms with E-state index in [1.54, 1.807) is 0 Å². The Kier molecular flexibility index (Phi) is 6.28. The average molecular weight is 229 g/mol. The van der Waals surface area contributed by atoms with Crippen molar-refractivity contribution in [2.24, 2.45) is 0 Å². The van der Waals surface area contributed by atoms with Gasteiger partial charge in [0.1, 0.15) is 0 Å². The summed E-state index contributed by atoms with van der Waals surface area (Å²) in [6.45, 7) is 7.17. The molecule has 0 saturated carbocycles. The van der Waals surface area contributed by atoms with Gasteiger partial charge < -0.3 is 15.3 Å². The number of nitrogens with zero attached hydrogens (tertiary/aromatic N) is 2. The maximum Gasteiger partial charge on any atom is 0.0585 e. The molecule has 1 aliphatic heterocycles. The van der Waals surface area contributed by atoms with Gasteiger partial charge in [-0.3, -0.25) is 4.90 Å². The number of hydrogen-bond donors (Lipinski definition) is 2. The van der Waals surface area contributed by atoms with Crippen LogP contribution in [0, 0.1) is 0 Å². The lowest BCUT2D eigenvalue weighted by Gasteiger charge is -2.29. The first-order valence-electron chi connectivity index (χ1n) is 6.38. The summed E-state index contributed by atoms with van der Waals surface area (Å²) in [5.74, 6) is 0. The van der Waals surface area contributed by atoms with Gasteiger partial charge in [-0.2, -0.15) is 0 Å². The quantitative estimate of drug-likeness (QED) is 0.695. The molecule has 4 nitrogen and oxygen atoms in total. The largest absolute Gasteiger partial charge is 0.395 e. The van der Waals surface area contributed by atoms with Crippen LogP contribution in [0.1, 0.15) is 19.8 Å². The molecular formula is C12H27N3O. The Morgan fingerprint density at radius 3 is 2.81 bits per heavy atom. The van der Waals surface area contributed by atoms with E-state index in [0.29, 0.717) is 6.04 Å². The van der Waals surface area contributed by atoms with Gasteiger partial charge in [-0.05, 0) is 47.0 Å². The summed E-state index contributed by atoms with van der Waals surface area (Å²) in [4.78, 5) is 4.95. The molecule has 1 heterocycles. The number of aliphatic hydroxyl groups excluding tert-OH is 1. The van der Waals surface area contributed by atoms with Gasteiger partial charge in [-0.25, -0.2) is 0 Å². The molecule has 0 aromatic carbocycles. The number of aliphatic hydroxyl groups is 1. The molecule has 0 bridgehead atoms. The fourth-order valence-electron chi connectivity index (χ4n) is 2.40. The van der Waals surface area contributed by atoms with Crippen molar-refractivity contribution < 1.29 is 5.11 Å². The van der Waals surface area contributed by atoms with Gasteiger partial charge in [0.15, 0.2) is 0 Å². The molecule has 0 radical (unpaired) electrons. The normalized spacial score (nSPS) is 26.6. The van der Waals surface area contributed by atoms with Crippen LogP contribution in [0.3, 0.4) is 0 Å². The van der Waals surface area contributed by atoms with Crippen LogP contribution in [0.25, 0.3) is 0 Å². The van der Waals surface area contributed by atoms with Gasteiger partial charge in [0.2, 0.25) is 0 Å². The predicted octanol–water partition coefficient (Wildman–Crippen LogP) is -0.0172. The molecule has 1 fully saturated rings. The predicted molar refractivity (Wildman–Crippen MR) is 67.7 cm³/mol. The fraction of sp³-hybridized carbons (Fsp3) is 1.00. The van der Waals surface area contributed by atoms with Crippen molar-refractivity contribution in [1.82, 2.24) is 15.1 Å². The second kappa shape index (κ2) is 7.22. The molecule has 1 aliphatic rings. The van der Waals surface area contributed by atoms with Crippen LogP contribution in [-0.2, 0) is 0 Å². The van der Waals surface area contributed by atoms with E-state index in [1.807, 2.05) is 7.05 Å². The monoisotopic (exact) mass is 229 g/mol. The van der Waals surface area contributed by atoms with E-state index in [-0.39, 0.29) is 12.6 Å². The third kappa shape index (κ3) is 4.37. The van der Waals surface area contributed by atoms with E-state index in [1.165, 1.54) is 19.5 Å². The van der Waals surface area contributed by atoms with Crippen LogP contribution in [0.2, 0.25) is 0 Å². The van der Waals surface area contributed by atoms with E-state index < -0.39 is 0 Å². The molecule has 96 valence electrons.